The van der Waals surface area contributed by atoms with Crippen molar-refractivity contribution in [3.05, 3.63) is 0 Å². The first-order valence-electron chi connectivity index (χ1n) is 6.94. The summed E-state index contributed by atoms with van der Waals surface area (Å²) >= 11 is 0. The van der Waals surface area contributed by atoms with Gasteiger partial charge in [0.1, 0.15) is 0 Å². The Morgan fingerprint density at radius 3 is 2.83 bits per heavy atom. The Bertz CT molecular complexity index is 325. The fraction of sp³-hybridized carbons (Fsp3) is 0.846. The van der Waals surface area contributed by atoms with E-state index in [1.54, 1.807) is 0 Å². The lowest BCUT2D eigenvalue weighted by atomic mass is 9.89. The van der Waals surface area contributed by atoms with Gasteiger partial charge in [-0.05, 0) is 39.2 Å². The molecule has 1 amide bonds. The molecule has 0 unspecified atom stereocenters. The monoisotopic (exact) mass is 252 g/mol. The van der Waals surface area contributed by atoms with Crippen LogP contribution in [0.15, 0.2) is 0 Å². The van der Waals surface area contributed by atoms with E-state index < -0.39 is 0 Å². The first-order chi connectivity index (χ1) is 8.63. The molecule has 2 aliphatic heterocycles. The second-order valence-electron chi connectivity index (χ2n) is 5.49. The molecule has 2 rings (SSSR count). The minimum atomic E-state index is -0.00161. The fourth-order valence-corrected chi connectivity index (χ4v) is 2.96. The molecule has 0 aromatic heterocycles. The average Bonchev–Trinajstić information content (AvgIpc) is 2.91. The van der Waals surface area contributed by atoms with Crippen molar-refractivity contribution in [3.63, 3.8) is 0 Å². The number of nitrogens with one attached hydrogen (secondary N) is 2. The quantitative estimate of drug-likeness (QED) is 0.634. The normalized spacial score (nSPS) is 32.6. The highest BCUT2D eigenvalue weighted by molar-refractivity contribution is 5.87. The minimum Gasteiger partial charge on any atom is -0.338 e. The summed E-state index contributed by atoms with van der Waals surface area (Å²) in [7, 11) is 0. The number of nitrogens with two attached hydrogens (primary N) is 1. The molecule has 102 valence electrons. The summed E-state index contributed by atoms with van der Waals surface area (Å²) in [6, 6.07) is 0.292. The van der Waals surface area contributed by atoms with E-state index in [4.69, 9.17) is 11.1 Å². The Hall–Kier alpha value is -0.940. The van der Waals surface area contributed by atoms with Crippen LogP contribution in [0.1, 0.15) is 32.6 Å². The molecular formula is C13H24N4O. The van der Waals surface area contributed by atoms with Crippen molar-refractivity contribution in [2.45, 2.75) is 44.7 Å². The van der Waals surface area contributed by atoms with E-state index in [2.05, 4.69) is 12.2 Å². The van der Waals surface area contributed by atoms with E-state index in [0.29, 0.717) is 24.8 Å². The number of piperidine rings is 1. The van der Waals surface area contributed by atoms with E-state index in [0.717, 1.165) is 32.2 Å². The third-order valence-electron chi connectivity index (χ3n) is 4.24. The largest absolute Gasteiger partial charge is 0.338 e. The molecule has 0 bridgehead atoms. The minimum absolute atomic E-state index is 0.00161. The Balaban J connectivity index is 2.00. The van der Waals surface area contributed by atoms with Crippen molar-refractivity contribution in [1.82, 2.24) is 10.2 Å². The second kappa shape index (κ2) is 5.80. The third-order valence-corrected chi connectivity index (χ3v) is 4.24. The number of likely N-dealkylation sites (tertiary alicyclic amines) is 1. The van der Waals surface area contributed by atoms with Crippen molar-refractivity contribution in [3.8, 4) is 0 Å². The molecule has 18 heavy (non-hydrogen) atoms. The van der Waals surface area contributed by atoms with Crippen molar-refractivity contribution in [2.75, 3.05) is 19.6 Å². The van der Waals surface area contributed by atoms with Crippen LogP contribution in [0.2, 0.25) is 0 Å². The number of amides is 1. The lowest BCUT2D eigenvalue weighted by Gasteiger charge is -2.39. The summed E-state index contributed by atoms with van der Waals surface area (Å²) in [4.78, 5) is 14.4. The molecule has 2 heterocycles. The number of rotatable bonds is 3. The van der Waals surface area contributed by atoms with Crippen molar-refractivity contribution in [1.29, 1.82) is 5.41 Å². The van der Waals surface area contributed by atoms with E-state index in [1.165, 1.54) is 0 Å². The summed E-state index contributed by atoms with van der Waals surface area (Å²) in [6.45, 7) is 4.03. The van der Waals surface area contributed by atoms with Crippen molar-refractivity contribution >= 4 is 11.6 Å². The van der Waals surface area contributed by atoms with Crippen LogP contribution >= 0.6 is 0 Å². The van der Waals surface area contributed by atoms with Gasteiger partial charge in [0.25, 0.3) is 0 Å². The molecule has 0 aromatic carbocycles. The number of hydrogen-bond donors (Lipinski definition) is 3. The van der Waals surface area contributed by atoms with Crippen LogP contribution in [0.25, 0.3) is 0 Å². The molecule has 5 nitrogen and oxygen atoms in total. The number of hydrogen-bond acceptors (Lipinski definition) is 4. The van der Waals surface area contributed by atoms with Crippen molar-refractivity contribution in [2.24, 2.45) is 11.7 Å². The SMILES string of the molecule is C[C@H]1CC[C@@H](C(=N)CN)CN1C(=O)[C@H]1CCCN1. The zero-order valence-electron chi connectivity index (χ0n) is 11.1. The molecule has 2 fully saturated rings. The topological polar surface area (TPSA) is 82.2 Å². The highest BCUT2D eigenvalue weighted by Gasteiger charge is 2.34. The summed E-state index contributed by atoms with van der Waals surface area (Å²) < 4.78 is 0. The molecule has 3 atom stereocenters. The zero-order chi connectivity index (χ0) is 13.1. The molecule has 0 aromatic rings. The molecule has 2 aliphatic rings. The van der Waals surface area contributed by atoms with Crippen LogP contribution in [0, 0.1) is 11.3 Å². The van der Waals surface area contributed by atoms with Crippen LogP contribution in [0.5, 0.6) is 0 Å². The van der Waals surface area contributed by atoms with Gasteiger partial charge in [0.15, 0.2) is 0 Å². The van der Waals surface area contributed by atoms with Gasteiger partial charge in [-0.3, -0.25) is 4.79 Å². The molecule has 0 radical (unpaired) electrons. The summed E-state index contributed by atoms with van der Waals surface area (Å²) in [6.07, 6.45) is 3.99. The van der Waals surface area contributed by atoms with Gasteiger partial charge in [0.2, 0.25) is 5.91 Å². The molecule has 0 spiro atoms. The van der Waals surface area contributed by atoms with Gasteiger partial charge in [0, 0.05) is 30.8 Å². The van der Waals surface area contributed by atoms with Gasteiger partial charge in [-0.1, -0.05) is 0 Å². The molecular weight excluding hydrogens is 228 g/mol. The smallest absolute Gasteiger partial charge is 0.239 e. The Morgan fingerprint density at radius 2 is 2.22 bits per heavy atom. The van der Waals surface area contributed by atoms with E-state index in [1.807, 2.05) is 4.90 Å². The third kappa shape index (κ3) is 2.72. The number of nitrogens with zero attached hydrogens (tertiary/aromatic N) is 1. The lowest BCUT2D eigenvalue weighted by molar-refractivity contribution is -0.136. The van der Waals surface area contributed by atoms with Gasteiger partial charge >= 0.3 is 0 Å². The Labute approximate surface area is 109 Å². The standard InChI is InChI=1S/C13H24N4O/c1-9-4-5-10(11(15)7-14)8-17(9)13(18)12-3-2-6-16-12/h9-10,12,15-16H,2-8,14H2,1H3/t9-,10+,12+/m0/s1. The molecule has 5 heteroatoms. The van der Waals surface area contributed by atoms with Crippen molar-refractivity contribution < 1.29 is 4.79 Å². The predicted molar refractivity (Wildman–Crippen MR) is 71.7 cm³/mol. The van der Waals surface area contributed by atoms with Crippen LogP contribution in [0.3, 0.4) is 0 Å². The van der Waals surface area contributed by atoms with E-state index in [-0.39, 0.29) is 17.9 Å². The first-order valence-corrected chi connectivity index (χ1v) is 6.94. The lowest BCUT2D eigenvalue weighted by Crippen LogP contribution is -2.53. The highest BCUT2D eigenvalue weighted by atomic mass is 16.2. The van der Waals surface area contributed by atoms with Crippen LogP contribution in [-0.4, -0.2) is 48.2 Å². The van der Waals surface area contributed by atoms with Crippen LogP contribution < -0.4 is 11.1 Å². The maximum Gasteiger partial charge on any atom is 0.239 e. The molecule has 4 N–H and O–H groups in total. The second-order valence-corrected chi connectivity index (χ2v) is 5.49. The van der Waals surface area contributed by atoms with E-state index in [9.17, 15) is 4.79 Å². The number of carbonyl (C=O) groups excluding carboxylic acids is 1. The maximum atomic E-state index is 12.4. The summed E-state index contributed by atoms with van der Waals surface area (Å²) in [5.41, 5.74) is 6.12. The molecule has 0 saturated carbocycles. The highest BCUT2D eigenvalue weighted by Crippen LogP contribution is 2.24. The van der Waals surface area contributed by atoms with Crippen LogP contribution in [0.4, 0.5) is 0 Å². The molecule has 2 saturated heterocycles. The first kappa shape index (κ1) is 13.5. The van der Waals surface area contributed by atoms with Gasteiger partial charge in [-0.2, -0.15) is 0 Å². The van der Waals surface area contributed by atoms with Crippen LogP contribution in [-0.2, 0) is 4.79 Å². The number of carbonyl (C=O) groups is 1. The average molecular weight is 252 g/mol. The van der Waals surface area contributed by atoms with Gasteiger partial charge in [-0.15, -0.1) is 0 Å². The summed E-state index contributed by atoms with van der Waals surface area (Å²) in [5, 5.41) is 11.1. The fourth-order valence-electron chi connectivity index (χ4n) is 2.96. The Morgan fingerprint density at radius 1 is 1.44 bits per heavy atom. The van der Waals surface area contributed by atoms with E-state index >= 15 is 0 Å². The summed E-state index contributed by atoms with van der Waals surface area (Å²) in [5.74, 6) is 0.381. The van der Waals surface area contributed by atoms with Gasteiger partial charge in [0.05, 0.1) is 6.04 Å². The maximum absolute atomic E-state index is 12.4. The zero-order valence-corrected chi connectivity index (χ0v) is 11.1. The Kier molecular flexibility index (Phi) is 4.35. The van der Waals surface area contributed by atoms with Gasteiger partial charge in [-0.25, -0.2) is 0 Å². The molecule has 0 aliphatic carbocycles. The van der Waals surface area contributed by atoms with Gasteiger partial charge < -0.3 is 21.4 Å². The predicted octanol–water partition coefficient (Wildman–Crippen LogP) is 0.344.